The predicted molar refractivity (Wildman–Crippen MR) is 127 cm³/mol. The molecule has 0 aliphatic carbocycles. The maximum absolute atomic E-state index is 12.2. The molecule has 32 heavy (non-hydrogen) atoms. The molecule has 3 aromatic rings. The van der Waals surface area contributed by atoms with Gasteiger partial charge in [0.1, 0.15) is 0 Å². The molecule has 0 spiro atoms. The lowest BCUT2D eigenvalue weighted by atomic mass is 10.2. The number of thioether (sulfide) groups is 1. The van der Waals surface area contributed by atoms with Crippen molar-refractivity contribution in [2.75, 3.05) is 45.0 Å². The third kappa shape index (κ3) is 6.80. The van der Waals surface area contributed by atoms with Crippen molar-refractivity contribution in [3.8, 4) is 11.5 Å². The highest BCUT2D eigenvalue weighted by molar-refractivity contribution is 7.99. The van der Waals surface area contributed by atoms with Crippen LogP contribution < -0.4 is 5.32 Å². The van der Waals surface area contributed by atoms with Gasteiger partial charge in [-0.05, 0) is 29.8 Å². The Morgan fingerprint density at radius 2 is 1.72 bits per heavy atom. The summed E-state index contributed by atoms with van der Waals surface area (Å²) in [6.07, 6.45) is 0. The van der Waals surface area contributed by atoms with Crippen LogP contribution in [-0.2, 0) is 11.3 Å². The van der Waals surface area contributed by atoms with Crippen molar-refractivity contribution in [2.45, 2.75) is 11.8 Å². The fourth-order valence-corrected chi connectivity index (χ4v) is 4.24. The highest BCUT2D eigenvalue weighted by atomic mass is 35.5. The summed E-state index contributed by atoms with van der Waals surface area (Å²) in [5.74, 6) is 0.618. The lowest BCUT2D eigenvalue weighted by Gasteiger charge is -2.34. The number of piperazine rings is 1. The Labute approximate surface area is 197 Å². The molecule has 1 aliphatic heterocycles. The molecular formula is C23H26ClN5O2S. The number of rotatable bonds is 9. The van der Waals surface area contributed by atoms with Gasteiger partial charge in [0, 0.05) is 56.4 Å². The number of amides is 1. The fourth-order valence-electron chi connectivity index (χ4n) is 3.52. The summed E-state index contributed by atoms with van der Waals surface area (Å²) in [4.78, 5) is 17.0. The molecule has 1 fully saturated rings. The van der Waals surface area contributed by atoms with Crippen molar-refractivity contribution < 1.29 is 9.21 Å². The molecule has 168 valence electrons. The van der Waals surface area contributed by atoms with Crippen molar-refractivity contribution in [1.82, 2.24) is 25.3 Å². The molecule has 1 amide bonds. The van der Waals surface area contributed by atoms with E-state index in [1.165, 1.54) is 17.3 Å². The van der Waals surface area contributed by atoms with Gasteiger partial charge in [-0.2, -0.15) is 0 Å². The van der Waals surface area contributed by atoms with Gasteiger partial charge in [-0.3, -0.25) is 14.6 Å². The van der Waals surface area contributed by atoms with Gasteiger partial charge in [-0.15, -0.1) is 10.2 Å². The molecule has 1 saturated heterocycles. The van der Waals surface area contributed by atoms with Crippen molar-refractivity contribution in [3.63, 3.8) is 0 Å². The number of hydrogen-bond donors (Lipinski definition) is 1. The highest BCUT2D eigenvalue weighted by Gasteiger charge is 2.17. The van der Waals surface area contributed by atoms with E-state index < -0.39 is 0 Å². The van der Waals surface area contributed by atoms with Crippen LogP contribution in [0.25, 0.3) is 11.5 Å². The molecule has 0 atom stereocenters. The molecule has 1 aromatic heterocycles. The van der Waals surface area contributed by atoms with Gasteiger partial charge in [-0.25, -0.2) is 0 Å². The zero-order chi connectivity index (χ0) is 22.2. The standard InChI is InChI=1S/C23H26ClN5O2S/c24-20-8-6-19(7-9-20)22-26-27-23(31-22)32-17-21(30)25-10-11-28-12-14-29(15-13-28)16-18-4-2-1-3-5-18/h1-9H,10-17H2,(H,25,30). The number of halogens is 1. The van der Waals surface area contributed by atoms with Crippen LogP contribution in [0, 0.1) is 0 Å². The molecule has 1 aliphatic rings. The first kappa shape index (κ1) is 22.8. The lowest BCUT2D eigenvalue weighted by Crippen LogP contribution is -2.48. The summed E-state index contributed by atoms with van der Waals surface area (Å²) in [6.45, 7) is 6.63. The van der Waals surface area contributed by atoms with E-state index in [-0.39, 0.29) is 11.7 Å². The van der Waals surface area contributed by atoms with Gasteiger partial charge >= 0.3 is 0 Å². The summed E-state index contributed by atoms with van der Waals surface area (Å²) in [6, 6.07) is 17.7. The molecule has 7 nitrogen and oxygen atoms in total. The normalized spacial score (nSPS) is 15.0. The molecule has 2 aromatic carbocycles. The minimum absolute atomic E-state index is 0.0380. The van der Waals surface area contributed by atoms with E-state index in [2.05, 4.69) is 55.6 Å². The van der Waals surface area contributed by atoms with Crippen LogP contribution in [0.4, 0.5) is 0 Å². The van der Waals surface area contributed by atoms with Crippen LogP contribution in [0.15, 0.2) is 64.2 Å². The van der Waals surface area contributed by atoms with Gasteiger partial charge in [0.2, 0.25) is 11.8 Å². The van der Waals surface area contributed by atoms with E-state index in [0.717, 1.165) is 44.8 Å². The third-order valence-electron chi connectivity index (χ3n) is 5.29. The van der Waals surface area contributed by atoms with Crippen LogP contribution in [0.5, 0.6) is 0 Å². The first-order chi connectivity index (χ1) is 15.7. The maximum Gasteiger partial charge on any atom is 0.277 e. The zero-order valence-corrected chi connectivity index (χ0v) is 19.3. The van der Waals surface area contributed by atoms with Crippen LogP contribution in [0.2, 0.25) is 5.02 Å². The van der Waals surface area contributed by atoms with Crippen LogP contribution >= 0.6 is 23.4 Å². The van der Waals surface area contributed by atoms with Gasteiger partial charge < -0.3 is 9.73 Å². The third-order valence-corrected chi connectivity index (χ3v) is 6.36. The number of carbonyl (C=O) groups is 1. The zero-order valence-electron chi connectivity index (χ0n) is 17.7. The van der Waals surface area contributed by atoms with Gasteiger partial charge in [0.15, 0.2) is 0 Å². The predicted octanol–water partition coefficient (Wildman–Crippen LogP) is 3.42. The van der Waals surface area contributed by atoms with E-state index in [0.29, 0.717) is 22.7 Å². The molecule has 0 bridgehead atoms. The molecule has 9 heteroatoms. The van der Waals surface area contributed by atoms with Crippen molar-refractivity contribution in [3.05, 3.63) is 65.2 Å². The number of nitrogens with one attached hydrogen (secondary N) is 1. The molecule has 0 unspecified atom stereocenters. The average molecular weight is 472 g/mol. The van der Waals surface area contributed by atoms with Crippen molar-refractivity contribution in [2.24, 2.45) is 0 Å². The molecule has 0 saturated carbocycles. The Hall–Kier alpha value is -2.39. The summed E-state index contributed by atoms with van der Waals surface area (Å²) >= 11 is 7.13. The Balaban J connectivity index is 1.11. The Bertz CT molecular complexity index is 991. The van der Waals surface area contributed by atoms with Crippen LogP contribution in [0.3, 0.4) is 0 Å². The average Bonchev–Trinajstić information content (AvgIpc) is 3.29. The fraction of sp³-hybridized carbons (Fsp3) is 0.348. The van der Waals surface area contributed by atoms with Crippen LogP contribution in [0.1, 0.15) is 5.56 Å². The topological polar surface area (TPSA) is 74.5 Å². The first-order valence-electron chi connectivity index (χ1n) is 10.6. The minimum atomic E-state index is -0.0380. The molecular weight excluding hydrogens is 446 g/mol. The van der Waals surface area contributed by atoms with E-state index >= 15 is 0 Å². The van der Waals surface area contributed by atoms with E-state index in [1.807, 2.05) is 12.1 Å². The summed E-state index contributed by atoms with van der Waals surface area (Å²) < 4.78 is 5.62. The Morgan fingerprint density at radius 1 is 1.00 bits per heavy atom. The second kappa shape index (κ2) is 11.5. The number of carbonyl (C=O) groups excluding carboxylic acids is 1. The monoisotopic (exact) mass is 471 g/mol. The molecule has 2 heterocycles. The SMILES string of the molecule is O=C(CSc1nnc(-c2ccc(Cl)cc2)o1)NCCN1CCN(Cc2ccccc2)CC1. The van der Waals surface area contributed by atoms with E-state index in [1.54, 1.807) is 12.1 Å². The molecule has 4 rings (SSSR count). The number of nitrogens with zero attached hydrogens (tertiary/aromatic N) is 4. The van der Waals surface area contributed by atoms with Gasteiger partial charge in [-0.1, -0.05) is 53.7 Å². The lowest BCUT2D eigenvalue weighted by molar-refractivity contribution is -0.118. The highest BCUT2D eigenvalue weighted by Crippen LogP contribution is 2.24. The maximum atomic E-state index is 12.2. The first-order valence-corrected chi connectivity index (χ1v) is 12.0. The Kier molecular flexibility index (Phi) is 8.17. The summed E-state index contributed by atoms with van der Waals surface area (Å²) in [5, 5.41) is 12.0. The van der Waals surface area contributed by atoms with Crippen molar-refractivity contribution in [1.29, 1.82) is 0 Å². The largest absolute Gasteiger partial charge is 0.411 e. The molecule has 1 N–H and O–H groups in total. The Morgan fingerprint density at radius 3 is 2.47 bits per heavy atom. The summed E-state index contributed by atoms with van der Waals surface area (Å²) in [7, 11) is 0. The second-order valence-electron chi connectivity index (χ2n) is 7.62. The van der Waals surface area contributed by atoms with E-state index in [4.69, 9.17) is 16.0 Å². The smallest absolute Gasteiger partial charge is 0.277 e. The van der Waals surface area contributed by atoms with E-state index in [9.17, 15) is 4.79 Å². The summed E-state index contributed by atoms with van der Waals surface area (Å²) in [5.41, 5.74) is 2.15. The van der Waals surface area contributed by atoms with Crippen molar-refractivity contribution >= 4 is 29.3 Å². The van der Waals surface area contributed by atoms with Gasteiger partial charge in [0.25, 0.3) is 5.22 Å². The molecule has 0 radical (unpaired) electrons. The quantitative estimate of drug-likeness (QED) is 0.479. The number of hydrogen-bond acceptors (Lipinski definition) is 7. The minimum Gasteiger partial charge on any atom is -0.411 e. The number of aromatic nitrogens is 2. The second-order valence-corrected chi connectivity index (χ2v) is 8.99. The number of benzene rings is 2. The van der Waals surface area contributed by atoms with Gasteiger partial charge in [0.05, 0.1) is 5.75 Å². The van der Waals surface area contributed by atoms with Crippen LogP contribution in [-0.4, -0.2) is 70.9 Å².